The van der Waals surface area contributed by atoms with Crippen molar-refractivity contribution in [2.75, 3.05) is 11.9 Å². The summed E-state index contributed by atoms with van der Waals surface area (Å²) in [5.41, 5.74) is -0.920. The molecule has 2 aliphatic carbocycles. The normalized spacial score (nSPS) is 29.5. The summed E-state index contributed by atoms with van der Waals surface area (Å²) in [6.07, 6.45) is 8.33. The van der Waals surface area contributed by atoms with E-state index in [2.05, 4.69) is 36.5 Å². The summed E-state index contributed by atoms with van der Waals surface area (Å²) in [6, 6.07) is 1.58. The molecule has 1 saturated heterocycles. The van der Waals surface area contributed by atoms with Crippen molar-refractivity contribution in [2.24, 2.45) is 11.3 Å². The van der Waals surface area contributed by atoms with Crippen LogP contribution in [0.15, 0.2) is 12.3 Å². The van der Waals surface area contributed by atoms with Gasteiger partial charge in [0, 0.05) is 6.07 Å². The predicted molar refractivity (Wildman–Crippen MR) is 108 cm³/mol. The van der Waals surface area contributed by atoms with Crippen molar-refractivity contribution in [3.63, 3.8) is 0 Å². The van der Waals surface area contributed by atoms with Gasteiger partial charge in [-0.3, -0.25) is 14.5 Å². The molecule has 1 spiro atoms. The molecule has 1 aromatic rings. The van der Waals surface area contributed by atoms with Gasteiger partial charge in [-0.25, -0.2) is 9.48 Å². The predicted octanol–water partition coefficient (Wildman–Crippen LogP) is 3.07. The third-order valence-electron chi connectivity index (χ3n) is 6.53. The highest BCUT2D eigenvalue weighted by atomic mass is 16.2. The molecule has 2 heterocycles. The van der Waals surface area contributed by atoms with Crippen LogP contribution in [0, 0.1) is 11.3 Å². The third kappa shape index (κ3) is 3.76. The lowest BCUT2D eigenvalue weighted by Gasteiger charge is -2.43. The Labute approximate surface area is 171 Å². The number of hydrogen-bond acceptors (Lipinski definition) is 4. The van der Waals surface area contributed by atoms with Crippen LogP contribution in [0.3, 0.4) is 0 Å². The van der Waals surface area contributed by atoms with Crippen molar-refractivity contribution in [3.05, 3.63) is 12.3 Å². The average Bonchev–Trinajstić information content (AvgIpc) is 3.31. The summed E-state index contributed by atoms with van der Waals surface area (Å²) in [5.74, 6) is 0.295. The van der Waals surface area contributed by atoms with E-state index in [9.17, 15) is 14.4 Å². The van der Waals surface area contributed by atoms with Gasteiger partial charge in [0.2, 0.25) is 5.91 Å². The van der Waals surface area contributed by atoms with Gasteiger partial charge >= 0.3 is 6.03 Å². The van der Waals surface area contributed by atoms with Crippen LogP contribution in [0.1, 0.15) is 71.8 Å². The summed E-state index contributed by atoms with van der Waals surface area (Å²) >= 11 is 0. The van der Waals surface area contributed by atoms with Crippen molar-refractivity contribution in [3.8, 4) is 0 Å². The molecule has 3 aliphatic rings. The molecular formula is C21H31N5O3. The van der Waals surface area contributed by atoms with Gasteiger partial charge in [0.05, 0.1) is 12.2 Å². The topological polar surface area (TPSA) is 96.3 Å². The first-order valence-corrected chi connectivity index (χ1v) is 10.7. The smallest absolute Gasteiger partial charge is 0.323 e. The second-order valence-electron chi connectivity index (χ2n) is 9.91. The summed E-state index contributed by atoms with van der Waals surface area (Å²) in [7, 11) is 0. The quantitative estimate of drug-likeness (QED) is 0.758. The Hall–Kier alpha value is -2.38. The molecule has 2 atom stereocenters. The maximum Gasteiger partial charge on any atom is 0.325 e. The fraction of sp³-hybridized carbons (Fsp3) is 0.714. The molecule has 4 rings (SSSR count). The first-order valence-electron chi connectivity index (χ1n) is 10.7. The van der Waals surface area contributed by atoms with Gasteiger partial charge in [-0.1, -0.05) is 33.6 Å². The molecule has 8 nitrogen and oxygen atoms in total. The second-order valence-corrected chi connectivity index (χ2v) is 9.91. The molecule has 158 valence electrons. The van der Waals surface area contributed by atoms with Crippen LogP contribution >= 0.6 is 0 Å². The molecule has 2 saturated carbocycles. The van der Waals surface area contributed by atoms with Crippen LogP contribution in [-0.2, 0) is 9.59 Å². The van der Waals surface area contributed by atoms with Gasteiger partial charge in [0.15, 0.2) is 0 Å². The standard InChI is InChI=1S/C21H31N5O3/c1-14-10-20(2,3)13-21(11-14)18(28)25(19(29)24-21)12-17(27)23-16-8-9-22-26(16)15-6-4-5-7-15/h8-9,14-15H,4-7,10-13H2,1-3H3,(H,23,27)(H,24,29). The van der Waals surface area contributed by atoms with E-state index >= 15 is 0 Å². The summed E-state index contributed by atoms with van der Waals surface area (Å²) in [6.45, 7) is 6.09. The van der Waals surface area contributed by atoms with E-state index in [0.717, 1.165) is 37.0 Å². The lowest BCUT2D eigenvalue weighted by molar-refractivity contribution is -0.136. The SMILES string of the molecule is CC1CC(C)(C)CC2(C1)NC(=O)N(CC(=O)Nc1ccnn1C1CCCC1)C2=O. The van der Waals surface area contributed by atoms with E-state index < -0.39 is 11.6 Å². The van der Waals surface area contributed by atoms with E-state index in [0.29, 0.717) is 30.6 Å². The highest BCUT2D eigenvalue weighted by Crippen LogP contribution is 2.46. The largest absolute Gasteiger partial charge is 0.325 e. The summed E-state index contributed by atoms with van der Waals surface area (Å²) in [5, 5.41) is 10.1. The zero-order valence-electron chi connectivity index (χ0n) is 17.5. The number of imide groups is 1. The minimum absolute atomic E-state index is 0.0351. The van der Waals surface area contributed by atoms with Crippen molar-refractivity contribution < 1.29 is 14.4 Å². The number of anilines is 1. The summed E-state index contributed by atoms with van der Waals surface area (Å²) in [4.78, 5) is 39.5. The number of rotatable bonds is 4. The Kier molecular flexibility index (Phi) is 4.91. The molecule has 2 unspecified atom stereocenters. The number of amides is 4. The molecule has 3 fully saturated rings. The van der Waals surface area contributed by atoms with Crippen LogP contribution in [0.25, 0.3) is 0 Å². The van der Waals surface area contributed by atoms with E-state index in [1.807, 2.05) is 4.68 Å². The monoisotopic (exact) mass is 401 g/mol. The fourth-order valence-corrected chi connectivity index (χ4v) is 5.83. The highest BCUT2D eigenvalue weighted by Gasteiger charge is 2.56. The van der Waals surface area contributed by atoms with E-state index in [1.165, 1.54) is 0 Å². The second kappa shape index (κ2) is 7.15. The van der Waals surface area contributed by atoms with Crippen LogP contribution in [0.4, 0.5) is 10.6 Å². The molecule has 2 N–H and O–H groups in total. The molecular weight excluding hydrogens is 370 g/mol. The molecule has 1 aromatic heterocycles. The highest BCUT2D eigenvalue weighted by molar-refractivity contribution is 6.10. The lowest BCUT2D eigenvalue weighted by atomic mass is 9.64. The van der Waals surface area contributed by atoms with Crippen molar-refractivity contribution >= 4 is 23.7 Å². The first-order chi connectivity index (χ1) is 13.7. The van der Waals surface area contributed by atoms with Gasteiger partial charge in [0.1, 0.15) is 17.9 Å². The molecule has 8 heteroatoms. The molecule has 0 bridgehead atoms. The van der Waals surface area contributed by atoms with Gasteiger partial charge in [-0.15, -0.1) is 0 Å². The van der Waals surface area contributed by atoms with Crippen molar-refractivity contribution in [1.82, 2.24) is 20.0 Å². The third-order valence-corrected chi connectivity index (χ3v) is 6.53. The van der Waals surface area contributed by atoms with Crippen LogP contribution in [-0.4, -0.2) is 44.6 Å². The zero-order valence-corrected chi connectivity index (χ0v) is 17.5. The summed E-state index contributed by atoms with van der Waals surface area (Å²) < 4.78 is 1.85. The van der Waals surface area contributed by atoms with Gasteiger partial charge in [-0.2, -0.15) is 5.10 Å². The van der Waals surface area contributed by atoms with E-state index in [-0.39, 0.29) is 23.8 Å². The Bertz CT molecular complexity index is 826. The molecule has 0 aromatic carbocycles. The lowest BCUT2D eigenvalue weighted by Crippen LogP contribution is -2.54. The van der Waals surface area contributed by atoms with E-state index in [1.54, 1.807) is 12.3 Å². The maximum absolute atomic E-state index is 13.2. The average molecular weight is 402 g/mol. The maximum atomic E-state index is 13.2. The zero-order chi connectivity index (χ0) is 20.8. The number of nitrogens with zero attached hydrogens (tertiary/aromatic N) is 3. The van der Waals surface area contributed by atoms with Crippen LogP contribution in [0.2, 0.25) is 0 Å². The van der Waals surface area contributed by atoms with E-state index in [4.69, 9.17) is 0 Å². The first kappa shape index (κ1) is 19.9. The molecule has 1 aliphatic heterocycles. The minimum Gasteiger partial charge on any atom is -0.323 e. The van der Waals surface area contributed by atoms with Crippen molar-refractivity contribution in [2.45, 2.75) is 77.3 Å². The Morgan fingerprint density at radius 1 is 1.28 bits per heavy atom. The number of urea groups is 1. The minimum atomic E-state index is -0.885. The number of aromatic nitrogens is 2. The molecule has 0 radical (unpaired) electrons. The van der Waals surface area contributed by atoms with Gasteiger partial charge in [0.25, 0.3) is 5.91 Å². The number of carbonyl (C=O) groups excluding carboxylic acids is 3. The van der Waals surface area contributed by atoms with Crippen molar-refractivity contribution in [1.29, 1.82) is 0 Å². The molecule has 29 heavy (non-hydrogen) atoms. The van der Waals surface area contributed by atoms with Crippen LogP contribution in [0.5, 0.6) is 0 Å². The van der Waals surface area contributed by atoms with Gasteiger partial charge < -0.3 is 10.6 Å². The Balaban J connectivity index is 1.45. The Morgan fingerprint density at radius 2 is 2.00 bits per heavy atom. The number of hydrogen-bond donors (Lipinski definition) is 2. The Morgan fingerprint density at radius 3 is 2.69 bits per heavy atom. The number of carbonyl (C=O) groups is 3. The van der Waals surface area contributed by atoms with Gasteiger partial charge in [-0.05, 0) is 43.4 Å². The van der Waals surface area contributed by atoms with Crippen LogP contribution < -0.4 is 10.6 Å². The fourth-order valence-electron chi connectivity index (χ4n) is 5.83. The molecule has 4 amide bonds. The number of nitrogens with one attached hydrogen (secondary N) is 2.